The molecule has 0 saturated carbocycles. The molecule has 0 bridgehead atoms. The van der Waals surface area contributed by atoms with Crippen molar-refractivity contribution in [2.24, 2.45) is 5.73 Å². The first-order chi connectivity index (χ1) is 9.05. The van der Waals surface area contributed by atoms with E-state index < -0.39 is 5.54 Å². The second-order valence-electron chi connectivity index (χ2n) is 5.81. The van der Waals surface area contributed by atoms with Crippen LogP contribution in [0.15, 0.2) is 0 Å². The Morgan fingerprint density at radius 1 is 1.26 bits per heavy atom. The highest BCUT2D eigenvalue weighted by Gasteiger charge is 2.32. The van der Waals surface area contributed by atoms with E-state index in [1.165, 1.54) is 19.4 Å². The van der Waals surface area contributed by atoms with Crippen molar-refractivity contribution in [2.45, 2.75) is 70.9 Å². The average molecular weight is 269 g/mol. The van der Waals surface area contributed by atoms with Crippen molar-refractivity contribution in [1.29, 1.82) is 0 Å². The van der Waals surface area contributed by atoms with Crippen molar-refractivity contribution in [3.05, 3.63) is 0 Å². The highest BCUT2D eigenvalue weighted by molar-refractivity contribution is 5.86. The quantitative estimate of drug-likeness (QED) is 0.742. The molecular weight excluding hydrogens is 238 g/mol. The van der Waals surface area contributed by atoms with Gasteiger partial charge in [-0.05, 0) is 38.6 Å². The molecule has 112 valence electrons. The number of nitrogens with one attached hydrogen (secondary N) is 1. The Morgan fingerprint density at radius 3 is 2.32 bits per heavy atom. The number of piperidine rings is 1. The predicted molar refractivity (Wildman–Crippen MR) is 80.0 cm³/mol. The second kappa shape index (κ2) is 7.85. The van der Waals surface area contributed by atoms with Crippen LogP contribution >= 0.6 is 0 Å². The Bertz CT molecular complexity index is 269. The summed E-state index contributed by atoms with van der Waals surface area (Å²) in [7, 11) is 0. The van der Waals surface area contributed by atoms with Gasteiger partial charge < -0.3 is 16.0 Å². The maximum atomic E-state index is 12.2. The zero-order valence-electron chi connectivity index (χ0n) is 12.9. The standard InChI is InChI=1S/C15H31N3O/c1-4-7-10-18-11-8-13(9-12-18)17-14(19)15(16,5-2)6-3/h13H,4-12,16H2,1-3H3,(H,17,19). The Balaban J connectivity index is 2.34. The minimum atomic E-state index is -0.681. The van der Waals surface area contributed by atoms with Gasteiger partial charge in [0.1, 0.15) is 0 Å². The Morgan fingerprint density at radius 2 is 1.84 bits per heavy atom. The Kier molecular flexibility index (Phi) is 6.80. The third-order valence-corrected chi connectivity index (χ3v) is 4.46. The molecule has 4 heteroatoms. The molecule has 4 nitrogen and oxygen atoms in total. The normalized spacial score (nSPS) is 18.5. The average Bonchev–Trinajstić information content (AvgIpc) is 2.45. The van der Waals surface area contributed by atoms with Crippen LogP contribution in [0.4, 0.5) is 0 Å². The molecule has 1 saturated heterocycles. The molecule has 0 radical (unpaired) electrons. The molecule has 0 aromatic heterocycles. The number of nitrogens with zero attached hydrogens (tertiary/aromatic N) is 1. The molecular formula is C15H31N3O. The molecule has 1 aliphatic heterocycles. The number of hydrogen-bond acceptors (Lipinski definition) is 3. The zero-order chi connectivity index (χ0) is 14.3. The summed E-state index contributed by atoms with van der Waals surface area (Å²) in [6.45, 7) is 9.58. The second-order valence-corrected chi connectivity index (χ2v) is 5.81. The number of rotatable bonds is 7. The topological polar surface area (TPSA) is 58.4 Å². The molecule has 3 N–H and O–H groups in total. The maximum absolute atomic E-state index is 12.2. The van der Waals surface area contributed by atoms with Crippen LogP contribution in [0, 0.1) is 0 Å². The number of carbonyl (C=O) groups excluding carboxylic acids is 1. The van der Waals surface area contributed by atoms with Crippen molar-refractivity contribution >= 4 is 5.91 Å². The number of likely N-dealkylation sites (tertiary alicyclic amines) is 1. The first-order valence-electron chi connectivity index (χ1n) is 7.88. The Labute approximate surface area is 118 Å². The number of amides is 1. The van der Waals surface area contributed by atoms with Crippen LogP contribution in [0.5, 0.6) is 0 Å². The molecule has 1 amide bonds. The molecule has 0 aromatic rings. The number of carbonyl (C=O) groups is 1. The van der Waals surface area contributed by atoms with E-state index in [9.17, 15) is 4.79 Å². The first kappa shape index (κ1) is 16.4. The van der Waals surface area contributed by atoms with Gasteiger partial charge in [0, 0.05) is 19.1 Å². The summed E-state index contributed by atoms with van der Waals surface area (Å²) >= 11 is 0. The highest BCUT2D eigenvalue weighted by Crippen LogP contribution is 2.15. The van der Waals surface area contributed by atoms with Gasteiger partial charge in [0.05, 0.1) is 5.54 Å². The molecule has 1 aliphatic rings. The van der Waals surface area contributed by atoms with E-state index in [1.807, 2.05) is 13.8 Å². The lowest BCUT2D eigenvalue weighted by molar-refractivity contribution is -0.127. The van der Waals surface area contributed by atoms with Crippen molar-refractivity contribution < 1.29 is 4.79 Å². The lowest BCUT2D eigenvalue weighted by atomic mass is 9.92. The van der Waals surface area contributed by atoms with Gasteiger partial charge in [0.2, 0.25) is 5.91 Å². The molecule has 1 fully saturated rings. The van der Waals surface area contributed by atoms with Gasteiger partial charge in [-0.1, -0.05) is 27.2 Å². The van der Waals surface area contributed by atoms with Crippen molar-refractivity contribution in [2.75, 3.05) is 19.6 Å². The number of hydrogen-bond donors (Lipinski definition) is 2. The minimum absolute atomic E-state index is 0.0320. The predicted octanol–water partition coefficient (Wildman–Crippen LogP) is 1.88. The summed E-state index contributed by atoms with van der Waals surface area (Å²) in [6, 6.07) is 0.311. The summed E-state index contributed by atoms with van der Waals surface area (Å²) in [5.41, 5.74) is 5.45. The fraction of sp³-hybridized carbons (Fsp3) is 0.933. The first-order valence-corrected chi connectivity index (χ1v) is 7.88. The molecule has 0 aliphatic carbocycles. The smallest absolute Gasteiger partial charge is 0.240 e. The lowest BCUT2D eigenvalue weighted by Crippen LogP contribution is -2.57. The van der Waals surface area contributed by atoms with Gasteiger partial charge in [-0.2, -0.15) is 0 Å². The van der Waals surface area contributed by atoms with Gasteiger partial charge in [-0.15, -0.1) is 0 Å². The summed E-state index contributed by atoms with van der Waals surface area (Å²) in [5.74, 6) is 0.0320. The van der Waals surface area contributed by atoms with E-state index in [0.717, 1.165) is 25.9 Å². The van der Waals surface area contributed by atoms with E-state index in [2.05, 4.69) is 17.1 Å². The molecule has 0 aromatic carbocycles. The fourth-order valence-electron chi connectivity index (χ4n) is 2.58. The summed E-state index contributed by atoms with van der Waals surface area (Å²) in [4.78, 5) is 14.7. The van der Waals surface area contributed by atoms with Gasteiger partial charge >= 0.3 is 0 Å². The lowest BCUT2D eigenvalue weighted by Gasteiger charge is -2.34. The van der Waals surface area contributed by atoms with Crippen LogP contribution < -0.4 is 11.1 Å². The van der Waals surface area contributed by atoms with Crippen LogP contribution in [-0.2, 0) is 4.79 Å². The van der Waals surface area contributed by atoms with E-state index >= 15 is 0 Å². The van der Waals surface area contributed by atoms with Gasteiger partial charge in [0.15, 0.2) is 0 Å². The summed E-state index contributed by atoms with van der Waals surface area (Å²) in [6.07, 6.45) is 6.03. The number of unbranched alkanes of at least 4 members (excludes halogenated alkanes) is 1. The molecule has 0 spiro atoms. The third kappa shape index (κ3) is 4.77. The summed E-state index contributed by atoms with van der Waals surface area (Å²) in [5, 5.41) is 3.15. The fourth-order valence-corrected chi connectivity index (χ4v) is 2.58. The number of nitrogens with two attached hydrogens (primary N) is 1. The van der Waals surface area contributed by atoms with Crippen LogP contribution in [0.3, 0.4) is 0 Å². The van der Waals surface area contributed by atoms with Crippen molar-refractivity contribution in [3.8, 4) is 0 Å². The van der Waals surface area contributed by atoms with Gasteiger partial charge in [-0.25, -0.2) is 0 Å². The van der Waals surface area contributed by atoms with Crippen LogP contribution in [-0.4, -0.2) is 42.0 Å². The SMILES string of the molecule is CCCCN1CCC(NC(=O)C(N)(CC)CC)CC1. The zero-order valence-corrected chi connectivity index (χ0v) is 12.9. The van der Waals surface area contributed by atoms with Gasteiger partial charge in [-0.3, -0.25) is 4.79 Å². The van der Waals surface area contributed by atoms with Crippen molar-refractivity contribution in [1.82, 2.24) is 10.2 Å². The Hall–Kier alpha value is -0.610. The third-order valence-electron chi connectivity index (χ3n) is 4.46. The molecule has 0 atom stereocenters. The minimum Gasteiger partial charge on any atom is -0.352 e. The van der Waals surface area contributed by atoms with Crippen LogP contribution in [0.2, 0.25) is 0 Å². The highest BCUT2D eigenvalue weighted by atomic mass is 16.2. The summed E-state index contributed by atoms with van der Waals surface area (Å²) < 4.78 is 0. The van der Waals surface area contributed by atoms with Crippen molar-refractivity contribution in [3.63, 3.8) is 0 Å². The van der Waals surface area contributed by atoms with E-state index in [4.69, 9.17) is 5.73 Å². The maximum Gasteiger partial charge on any atom is 0.240 e. The van der Waals surface area contributed by atoms with E-state index in [1.54, 1.807) is 0 Å². The van der Waals surface area contributed by atoms with E-state index in [-0.39, 0.29) is 5.91 Å². The van der Waals surface area contributed by atoms with E-state index in [0.29, 0.717) is 18.9 Å². The molecule has 1 heterocycles. The molecule has 19 heavy (non-hydrogen) atoms. The van der Waals surface area contributed by atoms with Gasteiger partial charge in [0.25, 0.3) is 0 Å². The monoisotopic (exact) mass is 269 g/mol. The largest absolute Gasteiger partial charge is 0.352 e. The van der Waals surface area contributed by atoms with Crippen LogP contribution in [0.25, 0.3) is 0 Å². The molecule has 0 unspecified atom stereocenters. The molecule has 1 rings (SSSR count). The van der Waals surface area contributed by atoms with Crippen LogP contribution in [0.1, 0.15) is 59.3 Å².